The van der Waals surface area contributed by atoms with E-state index in [1.807, 2.05) is 36.4 Å². The van der Waals surface area contributed by atoms with Crippen LogP contribution in [0.4, 0.5) is 8.78 Å². The molecule has 0 bridgehead atoms. The van der Waals surface area contributed by atoms with Gasteiger partial charge in [0, 0.05) is 37.7 Å². The molecule has 0 aliphatic heterocycles. The molecule has 0 saturated heterocycles. The van der Waals surface area contributed by atoms with Gasteiger partial charge in [-0.3, -0.25) is 4.79 Å². The number of hydrogen-bond acceptors (Lipinski definition) is 4. The van der Waals surface area contributed by atoms with Crippen LogP contribution in [0.15, 0.2) is 59.1 Å². The summed E-state index contributed by atoms with van der Waals surface area (Å²) in [5.41, 5.74) is 1.76. The maximum Gasteiger partial charge on any atom is 0.263 e. The number of amides is 1. The summed E-state index contributed by atoms with van der Waals surface area (Å²) < 4.78 is 37.0. The van der Waals surface area contributed by atoms with Crippen molar-refractivity contribution in [2.24, 2.45) is 0 Å². The Hall–Kier alpha value is -3.22. The molecule has 3 aromatic rings. The summed E-state index contributed by atoms with van der Waals surface area (Å²) in [4.78, 5) is 14.0. The highest BCUT2D eigenvalue weighted by molar-refractivity contribution is 5.80. The van der Waals surface area contributed by atoms with Crippen LogP contribution in [-0.4, -0.2) is 35.7 Å². The maximum absolute atomic E-state index is 13.3. The Labute approximate surface area is 167 Å². The first kappa shape index (κ1) is 20.5. The fraction of sp³-hybridized carbons (Fsp3) is 0.273. The molecule has 1 unspecified atom stereocenters. The highest BCUT2D eigenvalue weighted by atomic mass is 19.2. The third kappa shape index (κ3) is 5.40. The quantitative estimate of drug-likeness (QED) is 0.560. The van der Waals surface area contributed by atoms with E-state index in [0.717, 1.165) is 29.2 Å². The van der Waals surface area contributed by atoms with Crippen molar-refractivity contribution in [3.8, 4) is 17.0 Å². The van der Waals surface area contributed by atoms with Crippen molar-refractivity contribution in [3.05, 3.63) is 72.0 Å². The molecule has 0 radical (unpaired) electrons. The smallest absolute Gasteiger partial charge is 0.263 e. The average Bonchev–Trinajstić information content (AvgIpc) is 3.19. The van der Waals surface area contributed by atoms with Gasteiger partial charge in [-0.15, -0.1) is 0 Å². The predicted molar refractivity (Wildman–Crippen MR) is 104 cm³/mol. The van der Waals surface area contributed by atoms with Crippen molar-refractivity contribution in [1.29, 1.82) is 0 Å². The first-order valence-corrected chi connectivity index (χ1v) is 9.31. The molecular formula is C22H22F2N2O3. The van der Waals surface area contributed by atoms with Gasteiger partial charge in [0.1, 0.15) is 17.2 Å². The fourth-order valence-corrected chi connectivity index (χ4v) is 2.89. The molecule has 3 rings (SSSR count). The lowest BCUT2D eigenvalue weighted by atomic mass is 10.1. The second-order valence-electron chi connectivity index (χ2n) is 6.74. The van der Waals surface area contributed by atoms with Crippen molar-refractivity contribution in [1.82, 2.24) is 10.1 Å². The van der Waals surface area contributed by atoms with E-state index >= 15 is 0 Å². The number of halogens is 2. The number of carbonyl (C=O) groups excluding carboxylic acids is 1. The van der Waals surface area contributed by atoms with Gasteiger partial charge in [-0.1, -0.05) is 35.5 Å². The molecule has 0 saturated carbocycles. The van der Waals surface area contributed by atoms with Crippen LogP contribution in [0.2, 0.25) is 0 Å². The zero-order valence-electron chi connectivity index (χ0n) is 16.3. The van der Waals surface area contributed by atoms with E-state index in [1.54, 1.807) is 18.9 Å². The Morgan fingerprint density at radius 3 is 2.62 bits per heavy atom. The normalized spacial score (nSPS) is 11.9. The average molecular weight is 400 g/mol. The first-order valence-electron chi connectivity index (χ1n) is 9.31. The number of aryl methyl sites for hydroxylation is 1. The molecule has 0 aliphatic carbocycles. The molecule has 7 heteroatoms. The molecule has 0 N–H and O–H groups in total. The van der Waals surface area contributed by atoms with Crippen LogP contribution in [0.25, 0.3) is 11.3 Å². The van der Waals surface area contributed by atoms with Crippen LogP contribution in [0.5, 0.6) is 5.75 Å². The van der Waals surface area contributed by atoms with E-state index in [2.05, 4.69) is 5.16 Å². The SMILES string of the molecule is CC(Oc1ccc(F)c(F)c1)C(=O)N(C)CCCc1cc(-c2ccccc2)no1. The summed E-state index contributed by atoms with van der Waals surface area (Å²) in [6.45, 7) is 2.06. The maximum atomic E-state index is 13.3. The lowest BCUT2D eigenvalue weighted by Crippen LogP contribution is -2.38. The molecule has 1 heterocycles. The van der Waals surface area contributed by atoms with Crippen LogP contribution >= 0.6 is 0 Å². The number of hydrogen-bond donors (Lipinski definition) is 0. The monoisotopic (exact) mass is 400 g/mol. The third-order valence-corrected chi connectivity index (χ3v) is 4.47. The molecular weight excluding hydrogens is 378 g/mol. The summed E-state index contributed by atoms with van der Waals surface area (Å²) in [7, 11) is 1.67. The predicted octanol–water partition coefficient (Wildman–Crippen LogP) is 4.48. The van der Waals surface area contributed by atoms with Gasteiger partial charge >= 0.3 is 0 Å². The summed E-state index contributed by atoms with van der Waals surface area (Å²) in [6, 6.07) is 14.8. The van der Waals surface area contributed by atoms with Crippen molar-refractivity contribution < 1.29 is 22.8 Å². The lowest BCUT2D eigenvalue weighted by Gasteiger charge is -2.22. The van der Waals surface area contributed by atoms with Gasteiger partial charge in [0.05, 0.1) is 0 Å². The fourth-order valence-electron chi connectivity index (χ4n) is 2.89. The summed E-state index contributed by atoms with van der Waals surface area (Å²) >= 11 is 0. The number of aromatic nitrogens is 1. The summed E-state index contributed by atoms with van der Waals surface area (Å²) in [5, 5.41) is 4.07. The van der Waals surface area contributed by atoms with Crippen LogP contribution in [0.3, 0.4) is 0 Å². The first-order chi connectivity index (χ1) is 13.9. The molecule has 1 amide bonds. The van der Waals surface area contributed by atoms with Crippen molar-refractivity contribution in [3.63, 3.8) is 0 Å². The standard InChI is InChI=1S/C22H22F2N2O3/c1-15(28-17-10-11-19(23)20(24)13-17)22(27)26(2)12-6-9-18-14-21(25-29-18)16-7-4-3-5-8-16/h3-5,7-8,10-11,13-15H,6,9,12H2,1-2H3. The van der Waals surface area contributed by atoms with E-state index in [9.17, 15) is 13.6 Å². The third-order valence-electron chi connectivity index (χ3n) is 4.47. The molecule has 29 heavy (non-hydrogen) atoms. The second kappa shape index (κ2) is 9.32. The minimum atomic E-state index is -1.02. The minimum absolute atomic E-state index is 0.105. The van der Waals surface area contributed by atoms with Gasteiger partial charge in [0.25, 0.3) is 5.91 Å². The molecule has 1 aromatic heterocycles. The van der Waals surface area contributed by atoms with E-state index in [4.69, 9.17) is 9.26 Å². The number of nitrogens with zero attached hydrogens (tertiary/aromatic N) is 2. The lowest BCUT2D eigenvalue weighted by molar-refractivity contribution is -0.136. The number of rotatable bonds is 8. The molecule has 1 atom stereocenters. The van der Waals surface area contributed by atoms with Crippen molar-refractivity contribution in [2.75, 3.05) is 13.6 Å². The molecule has 0 spiro atoms. The van der Waals surface area contributed by atoms with Gasteiger partial charge in [0.15, 0.2) is 17.7 Å². The van der Waals surface area contributed by atoms with E-state index < -0.39 is 17.7 Å². The van der Waals surface area contributed by atoms with Gasteiger partial charge in [-0.2, -0.15) is 0 Å². The summed E-state index contributed by atoms with van der Waals surface area (Å²) in [5.74, 6) is -1.38. The number of benzene rings is 2. The highest BCUT2D eigenvalue weighted by Gasteiger charge is 2.20. The van der Waals surface area contributed by atoms with Crippen LogP contribution < -0.4 is 4.74 Å². The van der Waals surface area contributed by atoms with Gasteiger partial charge < -0.3 is 14.2 Å². The van der Waals surface area contributed by atoms with E-state index in [1.165, 1.54) is 6.07 Å². The topological polar surface area (TPSA) is 55.6 Å². The Balaban J connectivity index is 1.47. The second-order valence-corrected chi connectivity index (χ2v) is 6.74. The Kier molecular flexibility index (Phi) is 6.59. The summed E-state index contributed by atoms with van der Waals surface area (Å²) in [6.07, 6.45) is 0.499. The zero-order chi connectivity index (χ0) is 20.8. The number of ether oxygens (including phenoxy) is 1. The molecule has 2 aromatic carbocycles. The van der Waals surface area contributed by atoms with Crippen LogP contribution in [0, 0.1) is 11.6 Å². The van der Waals surface area contributed by atoms with E-state index in [-0.39, 0.29) is 11.7 Å². The number of likely N-dealkylation sites (N-methyl/N-ethyl adjacent to an activating group) is 1. The minimum Gasteiger partial charge on any atom is -0.481 e. The molecule has 0 aliphatic rings. The Morgan fingerprint density at radius 1 is 1.14 bits per heavy atom. The highest BCUT2D eigenvalue weighted by Crippen LogP contribution is 2.20. The number of carbonyl (C=O) groups is 1. The van der Waals surface area contributed by atoms with Gasteiger partial charge in [0.2, 0.25) is 0 Å². The van der Waals surface area contributed by atoms with Crippen LogP contribution in [-0.2, 0) is 11.2 Å². The van der Waals surface area contributed by atoms with Crippen molar-refractivity contribution in [2.45, 2.75) is 25.9 Å². The Morgan fingerprint density at radius 2 is 1.90 bits per heavy atom. The van der Waals surface area contributed by atoms with Gasteiger partial charge in [-0.25, -0.2) is 8.78 Å². The Bertz CT molecular complexity index is 960. The van der Waals surface area contributed by atoms with Gasteiger partial charge in [-0.05, 0) is 25.5 Å². The molecule has 5 nitrogen and oxygen atoms in total. The van der Waals surface area contributed by atoms with Crippen molar-refractivity contribution >= 4 is 5.91 Å². The van der Waals surface area contributed by atoms with Crippen LogP contribution in [0.1, 0.15) is 19.1 Å². The molecule has 0 fully saturated rings. The molecule has 152 valence electrons. The zero-order valence-corrected chi connectivity index (χ0v) is 16.3. The largest absolute Gasteiger partial charge is 0.481 e. The van der Waals surface area contributed by atoms with E-state index in [0.29, 0.717) is 19.4 Å².